The summed E-state index contributed by atoms with van der Waals surface area (Å²) in [7, 11) is 2.18. The highest BCUT2D eigenvalue weighted by atomic mass is 15.1. The van der Waals surface area contributed by atoms with Crippen LogP contribution in [0.15, 0.2) is 18.2 Å². The molecule has 2 rings (SSSR count). The maximum atomic E-state index is 5.91. The minimum atomic E-state index is 0.683. The molecule has 1 aliphatic rings. The largest absolute Gasteiger partial charge is 0.399 e. The topological polar surface area (TPSA) is 29.3 Å². The van der Waals surface area contributed by atoms with Crippen LogP contribution in [0.5, 0.6) is 0 Å². The van der Waals surface area contributed by atoms with Gasteiger partial charge in [0.15, 0.2) is 0 Å². The zero-order valence-corrected chi connectivity index (χ0v) is 8.96. The molecule has 1 saturated heterocycles. The van der Waals surface area contributed by atoms with E-state index in [-0.39, 0.29) is 0 Å². The Kier molecular flexibility index (Phi) is 2.46. The average Bonchev–Trinajstić information content (AvgIpc) is 2.57. The molecule has 14 heavy (non-hydrogen) atoms. The summed E-state index contributed by atoms with van der Waals surface area (Å²) in [6.07, 6.45) is 1.26. The van der Waals surface area contributed by atoms with Crippen molar-refractivity contribution in [1.29, 1.82) is 0 Å². The lowest BCUT2D eigenvalue weighted by Gasteiger charge is -2.12. The monoisotopic (exact) mass is 190 g/mol. The number of nitrogens with two attached hydrogens (primary N) is 1. The van der Waals surface area contributed by atoms with Crippen molar-refractivity contribution in [3.63, 3.8) is 0 Å². The summed E-state index contributed by atoms with van der Waals surface area (Å²) in [5, 5.41) is 0. The summed E-state index contributed by atoms with van der Waals surface area (Å²) in [6.45, 7) is 4.43. The molecule has 1 heterocycles. The van der Waals surface area contributed by atoms with Gasteiger partial charge in [-0.05, 0) is 50.0 Å². The molecule has 0 bridgehead atoms. The summed E-state index contributed by atoms with van der Waals surface area (Å²) >= 11 is 0. The fourth-order valence-corrected chi connectivity index (χ4v) is 2.12. The number of aryl methyl sites for hydroxylation is 1. The Morgan fingerprint density at radius 3 is 2.79 bits per heavy atom. The lowest BCUT2D eigenvalue weighted by Crippen LogP contribution is -2.13. The molecule has 76 valence electrons. The molecule has 1 aliphatic heterocycles. The van der Waals surface area contributed by atoms with Gasteiger partial charge in [0.05, 0.1) is 0 Å². The van der Waals surface area contributed by atoms with E-state index in [0.29, 0.717) is 5.92 Å². The molecule has 2 nitrogen and oxygen atoms in total. The van der Waals surface area contributed by atoms with Crippen molar-refractivity contribution in [2.45, 2.75) is 19.3 Å². The minimum absolute atomic E-state index is 0.683. The fourth-order valence-electron chi connectivity index (χ4n) is 2.12. The van der Waals surface area contributed by atoms with Gasteiger partial charge in [-0.1, -0.05) is 12.1 Å². The predicted octanol–water partition coefficient (Wildman–Crippen LogP) is 2.00. The van der Waals surface area contributed by atoms with Crippen molar-refractivity contribution >= 4 is 5.69 Å². The zero-order valence-electron chi connectivity index (χ0n) is 8.96. The van der Waals surface area contributed by atoms with Gasteiger partial charge < -0.3 is 10.6 Å². The number of hydrogen-bond acceptors (Lipinski definition) is 2. The van der Waals surface area contributed by atoms with E-state index in [2.05, 4.69) is 37.1 Å². The van der Waals surface area contributed by atoms with Gasteiger partial charge in [-0.25, -0.2) is 0 Å². The normalized spacial score (nSPS) is 22.9. The zero-order chi connectivity index (χ0) is 10.1. The van der Waals surface area contributed by atoms with Crippen LogP contribution in [0, 0.1) is 6.92 Å². The maximum absolute atomic E-state index is 5.91. The first-order valence-electron chi connectivity index (χ1n) is 5.21. The quantitative estimate of drug-likeness (QED) is 0.686. The second kappa shape index (κ2) is 3.62. The Labute approximate surface area is 85.7 Å². The first-order valence-corrected chi connectivity index (χ1v) is 5.21. The number of anilines is 1. The highest BCUT2D eigenvalue weighted by molar-refractivity contribution is 5.49. The molecule has 0 saturated carbocycles. The molecule has 0 spiro atoms. The molecule has 2 N–H and O–H groups in total. The summed E-state index contributed by atoms with van der Waals surface area (Å²) < 4.78 is 0. The smallest absolute Gasteiger partial charge is 0.0346 e. The minimum Gasteiger partial charge on any atom is -0.399 e. The van der Waals surface area contributed by atoms with Crippen molar-refractivity contribution in [2.75, 3.05) is 25.9 Å². The lowest BCUT2D eigenvalue weighted by atomic mass is 9.97. The van der Waals surface area contributed by atoms with Crippen molar-refractivity contribution in [1.82, 2.24) is 4.90 Å². The predicted molar refractivity (Wildman–Crippen MR) is 60.4 cm³/mol. The third-order valence-electron chi connectivity index (χ3n) is 3.17. The van der Waals surface area contributed by atoms with E-state index in [1.165, 1.54) is 30.6 Å². The van der Waals surface area contributed by atoms with Crippen LogP contribution in [0.1, 0.15) is 23.5 Å². The molecular formula is C12H18N2. The molecule has 1 aromatic rings. The molecule has 1 unspecified atom stereocenters. The maximum Gasteiger partial charge on any atom is 0.0346 e. The number of likely N-dealkylation sites (N-methyl/N-ethyl adjacent to an activating group) is 1. The first-order chi connectivity index (χ1) is 6.66. The summed E-state index contributed by atoms with van der Waals surface area (Å²) in [5.41, 5.74) is 9.42. The summed E-state index contributed by atoms with van der Waals surface area (Å²) in [6, 6.07) is 6.48. The number of likely N-dealkylation sites (tertiary alicyclic amines) is 1. The van der Waals surface area contributed by atoms with Gasteiger partial charge in [-0.2, -0.15) is 0 Å². The van der Waals surface area contributed by atoms with Crippen LogP contribution >= 0.6 is 0 Å². The molecule has 0 aromatic heterocycles. The van der Waals surface area contributed by atoms with E-state index < -0.39 is 0 Å². The molecule has 0 aliphatic carbocycles. The van der Waals surface area contributed by atoms with Crippen LogP contribution in [-0.2, 0) is 0 Å². The molecule has 2 heteroatoms. The van der Waals surface area contributed by atoms with E-state index in [4.69, 9.17) is 5.73 Å². The number of nitrogens with zero attached hydrogens (tertiary/aromatic N) is 1. The van der Waals surface area contributed by atoms with Crippen molar-refractivity contribution in [2.24, 2.45) is 0 Å². The van der Waals surface area contributed by atoms with Crippen LogP contribution < -0.4 is 5.73 Å². The molecular weight excluding hydrogens is 172 g/mol. The van der Waals surface area contributed by atoms with Gasteiger partial charge in [0, 0.05) is 12.2 Å². The van der Waals surface area contributed by atoms with E-state index in [1.54, 1.807) is 0 Å². The standard InChI is InChI=1S/C12H18N2/c1-9-3-4-10(7-12(9)13)11-5-6-14(2)8-11/h3-4,7,11H,5-6,8,13H2,1-2H3. The fraction of sp³-hybridized carbons (Fsp3) is 0.500. The van der Waals surface area contributed by atoms with Gasteiger partial charge in [-0.3, -0.25) is 0 Å². The Balaban J connectivity index is 2.20. The van der Waals surface area contributed by atoms with Crippen molar-refractivity contribution in [3.05, 3.63) is 29.3 Å². The van der Waals surface area contributed by atoms with Gasteiger partial charge >= 0.3 is 0 Å². The van der Waals surface area contributed by atoms with E-state index in [0.717, 1.165) is 5.69 Å². The Morgan fingerprint density at radius 1 is 1.43 bits per heavy atom. The van der Waals surface area contributed by atoms with E-state index in [9.17, 15) is 0 Å². The first kappa shape index (κ1) is 9.53. The van der Waals surface area contributed by atoms with Crippen molar-refractivity contribution in [3.8, 4) is 0 Å². The molecule has 0 amide bonds. The number of benzene rings is 1. The van der Waals surface area contributed by atoms with Gasteiger partial charge in [0.2, 0.25) is 0 Å². The second-order valence-electron chi connectivity index (χ2n) is 4.36. The highest BCUT2D eigenvalue weighted by Crippen LogP contribution is 2.28. The highest BCUT2D eigenvalue weighted by Gasteiger charge is 2.20. The third-order valence-corrected chi connectivity index (χ3v) is 3.17. The van der Waals surface area contributed by atoms with Crippen LogP contribution in [0.3, 0.4) is 0 Å². The number of hydrogen-bond donors (Lipinski definition) is 1. The number of rotatable bonds is 1. The lowest BCUT2D eigenvalue weighted by molar-refractivity contribution is 0.411. The van der Waals surface area contributed by atoms with Crippen LogP contribution in [0.25, 0.3) is 0 Å². The van der Waals surface area contributed by atoms with Crippen LogP contribution in [0.2, 0.25) is 0 Å². The van der Waals surface area contributed by atoms with Crippen LogP contribution in [-0.4, -0.2) is 25.0 Å². The van der Waals surface area contributed by atoms with Gasteiger partial charge in [0.1, 0.15) is 0 Å². The van der Waals surface area contributed by atoms with Crippen molar-refractivity contribution < 1.29 is 0 Å². The van der Waals surface area contributed by atoms with Crippen LogP contribution in [0.4, 0.5) is 5.69 Å². The Hall–Kier alpha value is -1.02. The molecule has 0 radical (unpaired) electrons. The second-order valence-corrected chi connectivity index (χ2v) is 4.36. The molecule has 1 aromatic carbocycles. The SMILES string of the molecule is Cc1ccc(C2CCN(C)C2)cc1N. The number of nitrogen functional groups attached to an aromatic ring is 1. The third kappa shape index (κ3) is 1.75. The van der Waals surface area contributed by atoms with Gasteiger partial charge in [0.25, 0.3) is 0 Å². The van der Waals surface area contributed by atoms with E-state index >= 15 is 0 Å². The summed E-state index contributed by atoms with van der Waals surface area (Å²) in [5.74, 6) is 0.683. The Bertz CT molecular complexity index is 333. The Morgan fingerprint density at radius 2 is 2.21 bits per heavy atom. The molecule has 1 fully saturated rings. The van der Waals surface area contributed by atoms with E-state index in [1.807, 2.05) is 0 Å². The van der Waals surface area contributed by atoms with Gasteiger partial charge in [-0.15, -0.1) is 0 Å². The summed E-state index contributed by atoms with van der Waals surface area (Å²) in [4.78, 5) is 2.38. The average molecular weight is 190 g/mol. The molecule has 1 atom stereocenters.